The average molecular weight is 326 g/mol. The van der Waals surface area contributed by atoms with Crippen molar-refractivity contribution in [2.24, 2.45) is 0 Å². The van der Waals surface area contributed by atoms with E-state index in [1.165, 1.54) is 5.56 Å². The van der Waals surface area contributed by atoms with Crippen LogP contribution in [0.4, 0.5) is 0 Å². The molecule has 0 aliphatic rings. The molecule has 2 nitrogen and oxygen atoms in total. The molecule has 0 bridgehead atoms. The molecular formula is C14H11ClO2Se. The molecule has 0 aliphatic carbocycles. The van der Waals surface area contributed by atoms with E-state index in [9.17, 15) is 4.79 Å². The summed E-state index contributed by atoms with van der Waals surface area (Å²) >= 11 is 5.94. The van der Waals surface area contributed by atoms with Gasteiger partial charge in [0.1, 0.15) is 0 Å². The van der Waals surface area contributed by atoms with Gasteiger partial charge in [0.15, 0.2) is 0 Å². The van der Waals surface area contributed by atoms with Crippen molar-refractivity contribution in [3.8, 4) is 0 Å². The Balaban J connectivity index is 2.10. The van der Waals surface area contributed by atoms with Crippen molar-refractivity contribution in [3.63, 3.8) is 0 Å². The second-order valence-electron chi connectivity index (χ2n) is 3.72. The van der Waals surface area contributed by atoms with E-state index in [2.05, 4.69) is 0 Å². The van der Waals surface area contributed by atoms with Crippen LogP contribution in [-0.2, 0) is 5.32 Å². The standard InChI is InChI=1S/C14H11ClO2Se/c15-11-7-5-10(6-8-11)9-18-13-4-2-1-3-12(13)14(16)17/h1-8H,9H2,(H,16,17). The SMILES string of the molecule is O=C(O)c1ccccc1[Se]Cc1ccc(Cl)cc1. The van der Waals surface area contributed by atoms with Crippen LogP contribution in [0.2, 0.25) is 5.02 Å². The number of carboxylic acid groups (broad SMARTS) is 1. The molecule has 2 aromatic carbocycles. The van der Waals surface area contributed by atoms with Gasteiger partial charge in [0.05, 0.1) is 0 Å². The fraction of sp³-hybridized carbons (Fsp3) is 0.0714. The number of halogens is 1. The third-order valence-electron chi connectivity index (χ3n) is 2.43. The molecule has 0 atom stereocenters. The molecule has 92 valence electrons. The first-order valence-corrected chi connectivity index (χ1v) is 7.81. The first-order chi connectivity index (χ1) is 8.66. The van der Waals surface area contributed by atoms with Crippen molar-refractivity contribution >= 4 is 37.0 Å². The summed E-state index contributed by atoms with van der Waals surface area (Å²) in [6.45, 7) is 0. The van der Waals surface area contributed by atoms with Gasteiger partial charge in [0, 0.05) is 0 Å². The Morgan fingerprint density at radius 3 is 2.44 bits per heavy atom. The Labute approximate surface area is 117 Å². The summed E-state index contributed by atoms with van der Waals surface area (Å²) in [4.78, 5) is 11.1. The summed E-state index contributed by atoms with van der Waals surface area (Å²) in [6.07, 6.45) is 0. The zero-order chi connectivity index (χ0) is 13.0. The summed E-state index contributed by atoms with van der Waals surface area (Å²) in [7, 11) is 0. The van der Waals surface area contributed by atoms with Gasteiger partial charge >= 0.3 is 117 Å². The molecule has 2 rings (SSSR count). The van der Waals surface area contributed by atoms with E-state index in [4.69, 9.17) is 16.7 Å². The molecule has 0 fully saturated rings. The van der Waals surface area contributed by atoms with E-state index < -0.39 is 5.97 Å². The maximum absolute atomic E-state index is 11.1. The monoisotopic (exact) mass is 326 g/mol. The number of aromatic carboxylic acids is 1. The fourth-order valence-corrected chi connectivity index (χ4v) is 3.74. The van der Waals surface area contributed by atoms with Gasteiger partial charge in [-0.2, -0.15) is 0 Å². The minimum absolute atomic E-state index is 0.114. The number of hydrogen-bond donors (Lipinski definition) is 1. The van der Waals surface area contributed by atoms with Crippen LogP contribution in [0.3, 0.4) is 0 Å². The van der Waals surface area contributed by atoms with E-state index in [0.717, 1.165) is 14.8 Å². The van der Waals surface area contributed by atoms with Crippen molar-refractivity contribution in [1.82, 2.24) is 0 Å². The third-order valence-corrected chi connectivity index (χ3v) is 5.08. The van der Waals surface area contributed by atoms with Crippen LogP contribution < -0.4 is 4.46 Å². The van der Waals surface area contributed by atoms with Crippen molar-refractivity contribution in [3.05, 3.63) is 64.7 Å². The van der Waals surface area contributed by atoms with Crippen LogP contribution >= 0.6 is 11.6 Å². The Morgan fingerprint density at radius 2 is 1.78 bits per heavy atom. The second kappa shape index (κ2) is 6.05. The number of benzene rings is 2. The molecule has 0 aromatic heterocycles. The Bertz CT molecular complexity index is 552. The number of hydrogen-bond acceptors (Lipinski definition) is 1. The van der Waals surface area contributed by atoms with E-state index in [-0.39, 0.29) is 15.0 Å². The van der Waals surface area contributed by atoms with Crippen LogP contribution in [0, 0.1) is 0 Å². The van der Waals surface area contributed by atoms with Crippen LogP contribution in [0.25, 0.3) is 0 Å². The summed E-state index contributed by atoms with van der Waals surface area (Å²) < 4.78 is 0.924. The van der Waals surface area contributed by atoms with Crippen molar-refractivity contribution in [2.75, 3.05) is 0 Å². The Kier molecular flexibility index (Phi) is 4.43. The van der Waals surface area contributed by atoms with E-state index in [0.29, 0.717) is 5.56 Å². The summed E-state index contributed by atoms with van der Waals surface area (Å²) in [5.41, 5.74) is 1.59. The van der Waals surface area contributed by atoms with E-state index >= 15 is 0 Å². The van der Waals surface area contributed by atoms with Gasteiger partial charge in [-0.25, -0.2) is 0 Å². The number of carboxylic acids is 1. The molecule has 4 heteroatoms. The van der Waals surface area contributed by atoms with Gasteiger partial charge in [-0.05, 0) is 0 Å². The number of carbonyl (C=O) groups is 1. The van der Waals surface area contributed by atoms with E-state index in [1.807, 2.05) is 36.4 Å². The molecule has 0 amide bonds. The first-order valence-electron chi connectivity index (χ1n) is 5.36. The van der Waals surface area contributed by atoms with Crippen LogP contribution in [0.5, 0.6) is 0 Å². The fourth-order valence-electron chi connectivity index (χ4n) is 1.51. The number of rotatable bonds is 4. The third kappa shape index (κ3) is 3.36. The molecule has 2 aromatic rings. The minimum atomic E-state index is -0.858. The molecular weight excluding hydrogens is 315 g/mol. The normalized spacial score (nSPS) is 10.3. The van der Waals surface area contributed by atoms with Crippen molar-refractivity contribution < 1.29 is 9.90 Å². The van der Waals surface area contributed by atoms with Gasteiger partial charge in [0.25, 0.3) is 0 Å². The molecule has 0 aliphatic heterocycles. The second-order valence-corrected chi connectivity index (χ2v) is 6.29. The zero-order valence-electron chi connectivity index (χ0n) is 9.47. The maximum atomic E-state index is 11.1. The summed E-state index contributed by atoms with van der Waals surface area (Å²) in [5.74, 6) is -0.858. The predicted octanol–water partition coefficient (Wildman–Crippen LogP) is 2.57. The van der Waals surface area contributed by atoms with Crippen molar-refractivity contribution in [1.29, 1.82) is 0 Å². The molecule has 0 saturated carbocycles. The molecule has 0 saturated heterocycles. The van der Waals surface area contributed by atoms with Crippen LogP contribution in [0.1, 0.15) is 15.9 Å². The average Bonchev–Trinajstić information content (AvgIpc) is 2.38. The molecule has 0 unspecified atom stereocenters. The molecule has 0 spiro atoms. The van der Waals surface area contributed by atoms with Gasteiger partial charge < -0.3 is 0 Å². The van der Waals surface area contributed by atoms with Crippen LogP contribution in [0.15, 0.2) is 48.5 Å². The molecule has 18 heavy (non-hydrogen) atoms. The summed E-state index contributed by atoms with van der Waals surface area (Å²) in [6, 6.07) is 14.9. The molecule has 1 N–H and O–H groups in total. The predicted molar refractivity (Wildman–Crippen MR) is 73.9 cm³/mol. The molecule has 0 heterocycles. The van der Waals surface area contributed by atoms with E-state index in [1.54, 1.807) is 12.1 Å². The van der Waals surface area contributed by atoms with Gasteiger partial charge in [-0.1, -0.05) is 0 Å². The van der Waals surface area contributed by atoms with Gasteiger partial charge in [0.2, 0.25) is 0 Å². The van der Waals surface area contributed by atoms with Gasteiger partial charge in [-0.15, -0.1) is 0 Å². The quantitative estimate of drug-likeness (QED) is 0.877. The first kappa shape index (κ1) is 13.2. The summed E-state index contributed by atoms with van der Waals surface area (Å²) in [5, 5.41) is 10.7. The van der Waals surface area contributed by atoms with Gasteiger partial charge in [-0.3, -0.25) is 0 Å². The zero-order valence-corrected chi connectivity index (χ0v) is 11.9. The Morgan fingerprint density at radius 1 is 1.11 bits per heavy atom. The van der Waals surface area contributed by atoms with Crippen molar-refractivity contribution in [2.45, 2.75) is 5.32 Å². The molecule has 0 radical (unpaired) electrons. The topological polar surface area (TPSA) is 37.3 Å². The Hall–Kier alpha value is -1.28. The van der Waals surface area contributed by atoms with Crippen LogP contribution in [-0.4, -0.2) is 26.0 Å².